The van der Waals surface area contributed by atoms with E-state index in [1.165, 1.54) is 24.3 Å². The smallest absolute Gasteiger partial charge is 0.282 e. The second-order valence-corrected chi connectivity index (χ2v) is 4.46. The fraction of sp³-hybridized carbons (Fsp3) is 0.0714. The molecule has 7 heteroatoms. The van der Waals surface area contributed by atoms with Crippen LogP contribution in [0.25, 0.3) is 0 Å². The Morgan fingerprint density at radius 2 is 2.00 bits per heavy atom. The molecule has 3 N–H and O–H groups in total. The molecule has 0 aromatic heterocycles. The number of amides is 1. The van der Waals surface area contributed by atoms with Crippen LogP contribution in [0.3, 0.4) is 0 Å². The Morgan fingerprint density at radius 3 is 2.67 bits per heavy atom. The second kappa shape index (κ2) is 5.58. The van der Waals surface area contributed by atoms with Crippen molar-refractivity contribution in [3.8, 4) is 0 Å². The molecule has 0 aliphatic heterocycles. The summed E-state index contributed by atoms with van der Waals surface area (Å²) in [6, 6.07) is 7.68. The van der Waals surface area contributed by atoms with E-state index in [0.29, 0.717) is 5.56 Å². The number of rotatable bonds is 3. The predicted octanol–water partition coefficient (Wildman–Crippen LogP) is 2.88. The van der Waals surface area contributed by atoms with Gasteiger partial charge in [-0.15, -0.1) is 0 Å². The molecule has 108 valence electrons. The number of nitrogen functional groups attached to an aromatic ring is 1. The van der Waals surface area contributed by atoms with E-state index in [2.05, 4.69) is 5.32 Å². The standard InChI is InChI=1S/C14H12FN3O3/c1-8-2-5-13(18(20)21)10(6-8)14(19)17-12-7-9(15)3-4-11(12)16/h2-7H,16H2,1H3,(H,17,19). The van der Waals surface area contributed by atoms with Crippen LogP contribution >= 0.6 is 0 Å². The molecule has 0 bridgehead atoms. The number of hydrogen-bond donors (Lipinski definition) is 2. The Hall–Kier alpha value is -2.96. The van der Waals surface area contributed by atoms with Crippen LogP contribution in [0.4, 0.5) is 21.5 Å². The largest absolute Gasteiger partial charge is 0.397 e. The minimum Gasteiger partial charge on any atom is -0.397 e. The van der Waals surface area contributed by atoms with Gasteiger partial charge in [-0.25, -0.2) is 4.39 Å². The number of nitro groups is 1. The average Bonchev–Trinajstić information content (AvgIpc) is 2.42. The third-order valence-corrected chi connectivity index (χ3v) is 2.86. The van der Waals surface area contributed by atoms with Gasteiger partial charge in [0.2, 0.25) is 0 Å². The van der Waals surface area contributed by atoms with E-state index in [1.807, 2.05) is 0 Å². The van der Waals surface area contributed by atoms with Gasteiger partial charge in [-0.2, -0.15) is 0 Å². The van der Waals surface area contributed by atoms with Crippen LogP contribution in [0, 0.1) is 22.9 Å². The first-order chi connectivity index (χ1) is 9.88. The fourth-order valence-electron chi connectivity index (χ4n) is 1.82. The van der Waals surface area contributed by atoms with E-state index in [-0.39, 0.29) is 22.6 Å². The number of nitrogens with two attached hydrogens (primary N) is 1. The molecular weight excluding hydrogens is 277 g/mol. The monoisotopic (exact) mass is 289 g/mol. The number of halogens is 1. The van der Waals surface area contributed by atoms with Gasteiger partial charge in [0.15, 0.2) is 0 Å². The van der Waals surface area contributed by atoms with E-state index < -0.39 is 16.6 Å². The van der Waals surface area contributed by atoms with Crippen molar-refractivity contribution >= 4 is 23.0 Å². The molecule has 2 rings (SSSR count). The lowest BCUT2D eigenvalue weighted by molar-refractivity contribution is -0.385. The number of nitrogens with zero attached hydrogens (tertiary/aromatic N) is 1. The highest BCUT2D eigenvalue weighted by Crippen LogP contribution is 2.24. The van der Waals surface area contributed by atoms with Crippen molar-refractivity contribution in [2.75, 3.05) is 11.1 Å². The molecule has 0 aliphatic rings. The van der Waals surface area contributed by atoms with E-state index in [1.54, 1.807) is 6.92 Å². The van der Waals surface area contributed by atoms with E-state index in [4.69, 9.17) is 5.73 Å². The molecule has 0 atom stereocenters. The molecule has 2 aromatic rings. The highest BCUT2D eigenvalue weighted by atomic mass is 19.1. The van der Waals surface area contributed by atoms with Crippen molar-refractivity contribution in [1.82, 2.24) is 0 Å². The molecule has 0 spiro atoms. The molecule has 0 heterocycles. The minimum absolute atomic E-state index is 0.0656. The Balaban J connectivity index is 2.39. The molecule has 0 saturated heterocycles. The average molecular weight is 289 g/mol. The summed E-state index contributed by atoms with van der Waals surface area (Å²) < 4.78 is 13.2. The Kier molecular flexibility index (Phi) is 3.84. The SMILES string of the molecule is Cc1ccc([N+](=O)[O-])c(C(=O)Nc2cc(F)ccc2N)c1. The third-order valence-electron chi connectivity index (χ3n) is 2.86. The number of anilines is 2. The lowest BCUT2D eigenvalue weighted by atomic mass is 10.1. The molecule has 21 heavy (non-hydrogen) atoms. The zero-order chi connectivity index (χ0) is 15.6. The number of carbonyl (C=O) groups is 1. The Labute approximate surface area is 119 Å². The summed E-state index contributed by atoms with van der Waals surface area (Å²) in [7, 11) is 0. The quantitative estimate of drug-likeness (QED) is 0.515. The van der Waals surface area contributed by atoms with E-state index in [9.17, 15) is 19.3 Å². The molecule has 0 aliphatic carbocycles. The van der Waals surface area contributed by atoms with Gasteiger partial charge in [-0.3, -0.25) is 14.9 Å². The van der Waals surface area contributed by atoms with Gasteiger partial charge in [-0.05, 0) is 36.8 Å². The summed E-state index contributed by atoms with van der Waals surface area (Å²) in [6.45, 7) is 1.71. The Morgan fingerprint density at radius 1 is 1.29 bits per heavy atom. The van der Waals surface area contributed by atoms with Crippen LogP contribution in [0.5, 0.6) is 0 Å². The highest BCUT2D eigenvalue weighted by molar-refractivity contribution is 6.08. The topological polar surface area (TPSA) is 98.3 Å². The molecule has 0 unspecified atom stereocenters. The first-order valence-electron chi connectivity index (χ1n) is 6.00. The van der Waals surface area contributed by atoms with Gasteiger partial charge in [0.25, 0.3) is 11.6 Å². The number of aryl methyl sites for hydroxylation is 1. The van der Waals surface area contributed by atoms with Crippen LogP contribution in [0.1, 0.15) is 15.9 Å². The molecule has 0 saturated carbocycles. The Bertz CT molecular complexity index is 731. The molecule has 2 aromatic carbocycles. The minimum atomic E-state index is -0.720. The van der Waals surface area contributed by atoms with Crippen molar-refractivity contribution in [3.05, 3.63) is 63.5 Å². The van der Waals surface area contributed by atoms with Gasteiger partial charge >= 0.3 is 0 Å². The van der Waals surface area contributed by atoms with Gasteiger partial charge in [-0.1, -0.05) is 6.07 Å². The molecule has 1 amide bonds. The highest BCUT2D eigenvalue weighted by Gasteiger charge is 2.20. The van der Waals surface area contributed by atoms with Crippen molar-refractivity contribution < 1.29 is 14.1 Å². The summed E-state index contributed by atoms with van der Waals surface area (Å²) in [5.74, 6) is -1.29. The van der Waals surface area contributed by atoms with Crippen molar-refractivity contribution in [1.29, 1.82) is 0 Å². The first kappa shape index (κ1) is 14.4. The zero-order valence-electron chi connectivity index (χ0n) is 11.1. The van der Waals surface area contributed by atoms with Crippen LogP contribution in [0.15, 0.2) is 36.4 Å². The van der Waals surface area contributed by atoms with E-state index >= 15 is 0 Å². The predicted molar refractivity (Wildman–Crippen MR) is 76.6 cm³/mol. The maximum atomic E-state index is 13.2. The molecule has 0 radical (unpaired) electrons. The molecule has 6 nitrogen and oxygen atoms in total. The lowest BCUT2D eigenvalue weighted by Crippen LogP contribution is -2.15. The van der Waals surface area contributed by atoms with Gasteiger partial charge in [0.05, 0.1) is 16.3 Å². The number of carbonyl (C=O) groups excluding carboxylic acids is 1. The number of nitrogens with one attached hydrogen (secondary N) is 1. The summed E-state index contributed by atoms with van der Waals surface area (Å²) >= 11 is 0. The van der Waals surface area contributed by atoms with Gasteiger partial charge in [0.1, 0.15) is 11.4 Å². The van der Waals surface area contributed by atoms with Crippen molar-refractivity contribution in [2.45, 2.75) is 6.92 Å². The lowest BCUT2D eigenvalue weighted by Gasteiger charge is -2.09. The fourth-order valence-corrected chi connectivity index (χ4v) is 1.82. The van der Waals surface area contributed by atoms with Crippen LogP contribution in [-0.4, -0.2) is 10.8 Å². The summed E-state index contributed by atoms with van der Waals surface area (Å²) in [5.41, 5.74) is 6.12. The maximum absolute atomic E-state index is 13.2. The van der Waals surface area contributed by atoms with Crippen molar-refractivity contribution in [2.24, 2.45) is 0 Å². The van der Waals surface area contributed by atoms with E-state index in [0.717, 1.165) is 12.1 Å². The van der Waals surface area contributed by atoms with Crippen LogP contribution in [0.2, 0.25) is 0 Å². The summed E-state index contributed by atoms with van der Waals surface area (Å²) in [4.78, 5) is 22.5. The number of nitro benzene ring substituents is 1. The van der Waals surface area contributed by atoms with Crippen LogP contribution < -0.4 is 11.1 Å². The van der Waals surface area contributed by atoms with Crippen LogP contribution in [-0.2, 0) is 0 Å². The summed E-state index contributed by atoms with van der Waals surface area (Å²) in [5, 5.41) is 13.3. The molecule has 0 fully saturated rings. The normalized spacial score (nSPS) is 10.2. The molecular formula is C14H12FN3O3. The van der Waals surface area contributed by atoms with Gasteiger partial charge in [0, 0.05) is 6.07 Å². The maximum Gasteiger partial charge on any atom is 0.282 e. The first-order valence-corrected chi connectivity index (χ1v) is 6.00. The second-order valence-electron chi connectivity index (χ2n) is 4.46. The van der Waals surface area contributed by atoms with Gasteiger partial charge < -0.3 is 11.1 Å². The summed E-state index contributed by atoms with van der Waals surface area (Å²) in [6.07, 6.45) is 0. The zero-order valence-corrected chi connectivity index (χ0v) is 11.1. The van der Waals surface area contributed by atoms with Crippen molar-refractivity contribution in [3.63, 3.8) is 0 Å². The third kappa shape index (κ3) is 3.14. The number of hydrogen-bond acceptors (Lipinski definition) is 4. The number of benzene rings is 2.